The second-order valence-corrected chi connectivity index (χ2v) is 8.82. The van der Waals surface area contributed by atoms with Crippen molar-refractivity contribution in [1.29, 1.82) is 0 Å². The number of hydrogen-bond acceptors (Lipinski definition) is 8. The SMILES string of the molecule is CCOC(=O)C1CCN(c2cnc(C(=O)Nc3nc(-c4ccc(C(F)(F)F)c(F)c4)cs3)cn2)CC1. The smallest absolute Gasteiger partial charge is 0.419 e. The van der Waals surface area contributed by atoms with E-state index in [-0.39, 0.29) is 34.0 Å². The van der Waals surface area contributed by atoms with Gasteiger partial charge in [-0.1, -0.05) is 6.07 Å². The minimum absolute atomic E-state index is 0.0393. The van der Waals surface area contributed by atoms with Crippen molar-refractivity contribution < 1.29 is 31.9 Å². The number of piperidine rings is 1. The third-order valence-electron chi connectivity index (χ3n) is 5.60. The molecule has 1 N–H and O–H groups in total. The van der Waals surface area contributed by atoms with Crippen LogP contribution in [0.3, 0.4) is 0 Å². The fourth-order valence-electron chi connectivity index (χ4n) is 3.74. The zero-order valence-corrected chi connectivity index (χ0v) is 19.8. The van der Waals surface area contributed by atoms with E-state index in [0.717, 1.165) is 23.5 Å². The summed E-state index contributed by atoms with van der Waals surface area (Å²) in [6, 6.07) is 2.52. The fourth-order valence-corrected chi connectivity index (χ4v) is 4.45. The number of halogens is 4. The molecule has 190 valence electrons. The van der Waals surface area contributed by atoms with Crippen molar-refractivity contribution >= 4 is 34.2 Å². The monoisotopic (exact) mass is 523 g/mol. The van der Waals surface area contributed by atoms with Crippen LogP contribution in [0.5, 0.6) is 0 Å². The molecule has 0 spiro atoms. The summed E-state index contributed by atoms with van der Waals surface area (Å²) in [5.74, 6) is -1.73. The first-order valence-corrected chi connectivity index (χ1v) is 11.9. The van der Waals surface area contributed by atoms with Gasteiger partial charge in [0.25, 0.3) is 5.91 Å². The number of carbonyl (C=O) groups excluding carboxylic acids is 2. The van der Waals surface area contributed by atoms with Gasteiger partial charge in [-0.05, 0) is 31.9 Å². The summed E-state index contributed by atoms with van der Waals surface area (Å²) in [6.45, 7) is 3.34. The number of nitrogens with zero attached hydrogens (tertiary/aromatic N) is 4. The topological polar surface area (TPSA) is 97.3 Å². The third-order valence-corrected chi connectivity index (χ3v) is 6.36. The number of thiazole rings is 1. The van der Waals surface area contributed by atoms with Gasteiger partial charge in [0.1, 0.15) is 17.3 Å². The fraction of sp³-hybridized carbons (Fsp3) is 0.348. The molecule has 1 aliphatic heterocycles. The summed E-state index contributed by atoms with van der Waals surface area (Å²) in [5, 5.41) is 4.22. The molecule has 3 aromatic rings. The third kappa shape index (κ3) is 5.78. The lowest BCUT2D eigenvalue weighted by Gasteiger charge is -2.31. The van der Waals surface area contributed by atoms with Crippen molar-refractivity contribution in [2.75, 3.05) is 29.9 Å². The van der Waals surface area contributed by atoms with Crippen LogP contribution in [0.2, 0.25) is 0 Å². The molecule has 4 rings (SSSR count). The molecule has 0 atom stereocenters. The van der Waals surface area contributed by atoms with Crippen molar-refractivity contribution in [2.24, 2.45) is 5.92 Å². The highest BCUT2D eigenvalue weighted by atomic mass is 32.1. The standard InChI is InChI=1S/C23H21F4N5O3S/c1-2-35-21(34)13-5-7-32(8-6-13)19-11-28-17(10-29-19)20(33)31-22-30-18(12-36-22)14-3-4-15(16(24)9-14)23(25,26)27/h3-4,9-13H,2,5-8H2,1H3,(H,30,31,33). The molecule has 1 aliphatic rings. The molecule has 1 fully saturated rings. The molecule has 3 heterocycles. The maximum absolute atomic E-state index is 13.9. The van der Waals surface area contributed by atoms with E-state index in [1.165, 1.54) is 17.8 Å². The summed E-state index contributed by atoms with van der Waals surface area (Å²) in [6.07, 6.45) is -0.727. The molecule has 13 heteroatoms. The van der Waals surface area contributed by atoms with Crippen molar-refractivity contribution in [3.05, 3.63) is 53.0 Å². The van der Waals surface area contributed by atoms with Crippen molar-refractivity contribution in [2.45, 2.75) is 25.9 Å². The first kappa shape index (κ1) is 25.5. The largest absolute Gasteiger partial charge is 0.466 e. The number of rotatable bonds is 6. The van der Waals surface area contributed by atoms with Crippen LogP contribution in [-0.2, 0) is 15.7 Å². The number of benzene rings is 1. The molecule has 2 aromatic heterocycles. The van der Waals surface area contributed by atoms with Crippen LogP contribution < -0.4 is 10.2 Å². The normalized spacial score (nSPS) is 14.5. The molecule has 0 bridgehead atoms. The van der Waals surface area contributed by atoms with Gasteiger partial charge in [0, 0.05) is 24.0 Å². The highest BCUT2D eigenvalue weighted by molar-refractivity contribution is 7.14. The van der Waals surface area contributed by atoms with E-state index >= 15 is 0 Å². The summed E-state index contributed by atoms with van der Waals surface area (Å²) in [7, 11) is 0. The maximum Gasteiger partial charge on any atom is 0.419 e. The van der Waals surface area contributed by atoms with Gasteiger partial charge in [0.15, 0.2) is 5.13 Å². The highest BCUT2D eigenvalue weighted by Crippen LogP contribution is 2.34. The van der Waals surface area contributed by atoms with E-state index < -0.39 is 23.5 Å². The zero-order valence-electron chi connectivity index (χ0n) is 19.0. The second-order valence-electron chi connectivity index (χ2n) is 7.96. The Morgan fingerprint density at radius 1 is 1.19 bits per heavy atom. The van der Waals surface area contributed by atoms with Gasteiger partial charge in [-0.3, -0.25) is 14.9 Å². The lowest BCUT2D eigenvalue weighted by molar-refractivity contribution is -0.148. The number of aromatic nitrogens is 3. The number of ether oxygens (including phenoxy) is 1. The first-order chi connectivity index (χ1) is 17.2. The summed E-state index contributed by atoms with van der Waals surface area (Å²) < 4.78 is 57.2. The minimum atomic E-state index is -4.79. The average molecular weight is 524 g/mol. The molecule has 0 aliphatic carbocycles. The van der Waals surface area contributed by atoms with Crippen LogP contribution in [0.4, 0.5) is 28.5 Å². The van der Waals surface area contributed by atoms with E-state index in [0.29, 0.717) is 44.4 Å². The summed E-state index contributed by atoms with van der Waals surface area (Å²) >= 11 is 1.03. The van der Waals surface area contributed by atoms with E-state index in [9.17, 15) is 27.2 Å². The highest BCUT2D eigenvalue weighted by Gasteiger charge is 2.34. The summed E-state index contributed by atoms with van der Waals surface area (Å²) in [5.41, 5.74) is -0.957. The molecular formula is C23H21F4N5O3S. The lowest BCUT2D eigenvalue weighted by Crippen LogP contribution is -2.37. The van der Waals surface area contributed by atoms with Gasteiger partial charge < -0.3 is 9.64 Å². The molecule has 36 heavy (non-hydrogen) atoms. The predicted molar refractivity (Wildman–Crippen MR) is 124 cm³/mol. The molecule has 1 saturated heterocycles. The predicted octanol–water partition coefficient (Wildman–Crippen LogP) is 4.79. The number of anilines is 2. The number of alkyl halides is 3. The van der Waals surface area contributed by atoms with Gasteiger partial charge in [0.2, 0.25) is 0 Å². The van der Waals surface area contributed by atoms with Crippen LogP contribution in [0, 0.1) is 11.7 Å². The molecule has 1 aromatic carbocycles. The Bertz CT molecular complexity index is 1240. The Balaban J connectivity index is 1.36. The van der Waals surface area contributed by atoms with Crippen LogP contribution in [0.15, 0.2) is 36.0 Å². The van der Waals surface area contributed by atoms with Gasteiger partial charge in [-0.15, -0.1) is 11.3 Å². The Hall–Kier alpha value is -3.61. The van der Waals surface area contributed by atoms with Crippen molar-refractivity contribution in [1.82, 2.24) is 15.0 Å². The quantitative estimate of drug-likeness (QED) is 0.367. The molecule has 8 nitrogen and oxygen atoms in total. The molecule has 1 amide bonds. The molecule has 0 radical (unpaired) electrons. The number of esters is 1. The molecule has 0 saturated carbocycles. The van der Waals surface area contributed by atoms with Crippen molar-refractivity contribution in [3.8, 4) is 11.3 Å². The lowest BCUT2D eigenvalue weighted by atomic mass is 9.97. The summed E-state index contributed by atoms with van der Waals surface area (Å²) in [4.78, 5) is 39.0. The van der Waals surface area contributed by atoms with Gasteiger partial charge >= 0.3 is 12.1 Å². The van der Waals surface area contributed by atoms with E-state index in [1.54, 1.807) is 6.92 Å². The second kappa shape index (κ2) is 10.6. The van der Waals surface area contributed by atoms with Gasteiger partial charge in [-0.25, -0.2) is 19.3 Å². The Labute approximate surface area is 207 Å². The zero-order chi connectivity index (χ0) is 25.9. The number of amides is 1. The van der Waals surface area contributed by atoms with Crippen LogP contribution in [0.1, 0.15) is 35.8 Å². The van der Waals surface area contributed by atoms with E-state index in [4.69, 9.17) is 4.74 Å². The van der Waals surface area contributed by atoms with Crippen LogP contribution in [-0.4, -0.2) is 46.5 Å². The van der Waals surface area contributed by atoms with Crippen LogP contribution >= 0.6 is 11.3 Å². The first-order valence-electron chi connectivity index (χ1n) is 11.0. The Kier molecular flexibility index (Phi) is 7.48. The van der Waals surface area contributed by atoms with Crippen LogP contribution in [0.25, 0.3) is 11.3 Å². The number of nitrogens with one attached hydrogen (secondary N) is 1. The number of hydrogen-bond donors (Lipinski definition) is 1. The Morgan fingerprint density at radius 2 is 1.94 bits per heavy atom. The maximum atomic E-state index is 13.9. The molecule has 0 unspecified atom stereocenters. The Morgan fingerprint density at radius 3 is 2.56 bits per heavy atom. The van der Waals surface area contributed by atoms with Gasteiger partial charge in [-0.2, -0.15) is 13.2 Å². The average Bonchev–Trinajstić information content (AvgIpc) is 3.32. The molecular weight excluding hydrogens is 502 g/mol. The van der Waals surface area contributed by atoms with Crippen molar-refractivity contribution in [3.63, 3.8) is 0 Å². The van der Waals surface area contributed by atoms with Gasteiger partial charge in [0.05, 0.1) is 36.2 Å². The van der Waals surface area contributed by atoms with E-state index in [2.05, 4.69) is 20.3 Å². The number of carbonyl (C=O) groups is 2. The minimum Gasteiger partial charge on any atom is -0.466 e. The van der Waals surface area contributed by atoms with E-state index in [1.807, 2.05) is 4.90 Å².